The molecule has 2 N–H and O–H groups in total. The Labute approximate surface area is 151 Å². The Morgan fingerprint density at radius 2 is 1.88 bits per heavy atom. The first-order chi connectivity index (χ1) is 11.5. The van der Waals surface area contributed by atoms with Gasteiger partial charge in [0, 0.05) is 15.8 Å². The maximum atomic E-state index is 12.0. The Hall–Kier alpha value is -2.01. The smallest absolute Gasteiger partial charge is 0.243 e. The van der Waals surface area contributed by atoms with Gasteiger partial charge in [-0.15, -0.1) is 0 Å². The van der Waals surface area contributed by atoms with Crippen molar-refractivity contribution in [3.8, 4) is 5.75 Å². The lowest BCUT2D eigenvalue weighted by Crippen LogP contribution is -2.21. The van der Waals surface area contributed by atoms with Gasteiger partial charge in [0.15, 0.2) is 0 Å². The van der Waals surface area contributed by atoms with Crippen LogP contribution < -0.4 is 15.4 Å². The summed E-state index contributed by atoms with van der Waals surface area (Å²) in [7, 11) is 0. The largest absolute Gasteiger partial charge is 0.494 e. The molecule has 0 heterocycles. The lowest BCUT2D eigenvalue weighted by atomic mass is 10.1. The van der Waals surface area contributed by atoms with E-state index in [1.54, 1.807) is 0 Å². The third-order valence-corrected chi connectivity index (χ3v) is 3.87. The van der Waals surface area contributed by atoms with Crippen molar-refractivity contribution in [3.63, 3.8) is 0 Å². The number of benzene rings is 2. The zero-order chi connectivity index (χ0) is 17.4. The Bertz CT molecular complexity index is 657. The van der Waals surface area contributed by atoms with E-state index in [1.165, 1.54) is 0 Å². The van der Waals surface area contributed by atoms with Gasteiger partial charge in [-0.1, -0.05) is 35.8 Å². The molecule has 0 aliphatic rings. The van der Waals surface area contributed by atoms with Gasteiger partial charge >= 0.3 is 0 Å². The lowest BCUT2D eigenvalue weighted by molar-refractivity contribution is -0.114. The van der Waals surface area contributed by atoms with E-state index < -0.39 is 0 Å². The summed E-state index contributed by atoms with van der Waals surface area (Å²) in [5.74, 6) is 1.39. The topological polar surface area (TPSA) is 50.4 Å². The number of halogens is 1. The van der Waals surface area contributed by atoms with Crippen LogP contribution in [0.2, 0.25) is 0 Å². The van der Waals surface area contributed by atoms with E-state index >= 15 is 0 Å². The van der Waals surface area contributed by atoms with E-state index in [0.717, 1.165) is 34.6 Å². The molecule has 0 unspecified atom stereocenters. The van der Waals surface area contributed by atoms with Gasteiger partial charge in [-0.3, -0.25) is 4.79 Å². The van der Waals surface area contributed by atoms with Crippen molar-refractivity contribution in [2.75, 3.05) is 23.8 Å². The van der Waals surface area contributed by atoms with E-state index in [2.05, 4.69) is 40.4 Å². The zero-order valence-electron chi connectivity index (χ0n) is 14.0. The Kier molecular flexibility index (Phi) is 7.12. The third-order valence-electron chi connectivity index (χ3n) is 3.38. The van der Waals surface area contributed by atoms with Crippen LogP contribution >= 0.6 is 15.9 Å². The van der Waals surface area contributed by atoms with Crippen LogP contribution in [0.3, 0.4) is 0 Å². The molecule has 2 aromatic carbocycles. The molecule has 0 aromatic heterocycles. The molecule has 0 aliphatic carbocycles. The van der Waals surface area contributed by atoms with Crippen LogP contribution in [0, 0.1) is 5.92 Å². The SMILES string of the molecule is CC(C)CCOc1ccc(NCC(=O)Nc2cccc(Br)c2)cc1. The molecule has 0 saturated heterocycles. The van der Waals surface area contributed by atoms with Crippen molar-refractivity contribution >= 4 is 33.2 Å². The van der Waals surface area contributed by atoms with Gasteiger partial charge < -0.3 is 15.4 Å². The van der Waals surface area contributed by atoms with Gasteiger partial charge in [-0.05, 0) is 54.8 Å². The highest BCUT2D eigenvalue weighted by atomic mass is 79.9. The van der Waals surface area contributed by atoms with E-state index in [1.807, 2.05) is 48.5 Å². The van der Waals surface area contributed by atoms with Crippen molar-refractivity contribution in [2.45, 2.75) is 20.3 Å². The first-order valence-electron chi connectivity index (χ1n) is 8.05. The molecule has 24 heavy (non-hydrogen) atoms. The number of hydrogen-bond donors (Lipinski definition) is 2. The first kappa shape index (κ1) is 18.3. The third kappa shape index (κ3) is 6.62. The standard InChI is InChI=1S/C19H23BrN2O2/c1-14(2)10-11-24-18-8-6-16(7-9-18)21-13-19(23)22-17-5-3-4-15(20)12-17/h3-9,12,14,21H,10-11,13H2,1-2H3,(H,22,23). The van der Waals surface area contributed by atoms with Crippen molar-refractivity contribution in [1.29, 1.82) is 0 Å². The van der Waals surface area contributed by atoms with Crippen LogP contribution in [0.4, 0.5) is 11.4 Å². The fourth-order valence-electron chi connectivity index (χ4n) is 2.04. The molecular weight excluding hydrogens is 368 g/mol. The quantitative estimate of drug-likeness (QED) is 0.671. The summed E-state index contributed by atoms with van der Waals surface area (Å²) >= 11 is 3.38. The van der Waals surface area contributed by atoms with Crippen molar-refractivity contribution in [3.05, 3.63) is 53.0 Å². The summed E-state index contributed by atoms with van der Waals surface area (Å²) in [5, 5.41) is 5.95. The van der Waals surface area contributed by atoms with Gasteiger partial charge in [-0.2, -0.15) is 0 Å². The Balaban J connectivity index is 1.76. The maximum absolute atomic E-state index is 12.0. The van der Waals surface area contributed by atoms with Crippen LogP contribution in [0.15, 0.2) is 53.0 Å². The summed E-state index contributed by atoms with van der Waals surface area (Å²) < 4.78 is 6.61. The number of amides is 1. The minimum atomic E-state index is -0.0923. The van der Waals surface area contributed by atoms with Crippen LogP contribution in [0.5, 0.6) is 5.75 Å². The van der Waals surface area contributed by atoms with E-state index in [0.29, 0.717) is 5.92 Å². The molecule has 0 radical (unpaired) electrons. The average Bonchev–Trinajstić information content (AvgIpc) is 2.54. The van der Waals surface area contributed by atoms with Crippen molar-refractivity contribution in [2.24, 2.45) is 5.92 Å². The second-order valence-electron chi connectivity index (χ2n) is 5.97. The second-order valence-corrected chi connectivity index (χ2v) is 6.88. The summed E-state index contributed by atoms with van der Waals surface area (Å²) in [4.78, 5) is 12.0. The number of nitrogens with one attached hydrogen (secondary N) is 2. The van der Waals surface area contributed by atoms with Crippen molar-refractivity contribution in [1.82, 2.24) is 0 Å². The second kappa shape index (κ2) is 9.33. The highest BCUT2D eigenvalue weighted by molar-refractivity contribution is 9.10. The normalized spacial score (nSPS) is 10.5. The van der Waals surface area contributed by atoms with E-state index in [9.17, 15) is 4.79 Å². The number of anilines is 2. The van der Waals surface area contributed by atoms with Crippen LogP contribution in [-0.2, 0) is 4.79 Å². The highest BCUT2D eigenvalue weighted by Crippen LogP contribution is 2.17. The average molecular weight is 391 g/mol. The van der Waals surface area contributed by atoms with E-state index in [-0.39, 0.29) is 12.5 Å². The van der Waals surface area contributed by atoms with Gasteiger partial charge in [0.05, 0.1) is 13.2 Å². The molecule has 2 aromatic rings. The molecule has 0 spiro atoms. The molecule has 0 fully saturated rings. The molecular formula is C19H23BrN2O2. The van der Waals surface area contributed by atoms with Gasteiger partial charge in [0.1, 0.15) is 5.75 Å². The van der Waals surface area contributed by atoms with Gasteiger partial charge in [-0.25, -0.2) is 0 Å². The van der Waals surface area contributed by atoms with E-state index in [4.69, 9.17) is 4.74 Å². The summed E-state index contributed by atoms with van der Waals surface area (Å²) in [6.07, 6.45) is 1.04. The molecule has 1 amide bonds. The number of ether oxygens (including phenoxy) is 1. The molecule has 0 bridgehead atoms. The number of rotatable bonds is 8. The number of carbonyl (C=O) groups excluding carboxylic acids is 1. The summed E-state index contributed by atoms with van der Waals surface area (Å²) in [6, 6.07) is 15.2. The fraction of sp³-hybridized carbons (Fsp3) is 0.316. The number of carbonyl (C=O) groups is 1. The van der Waals surface area contributed by atoms with Gasteiger partial charge in [0.25, 0.3) is 0 Å². The number of hydrogen-bond acceptors (Lipinski definition) is 3. The first-order valence-corrected chi connectivity index (χ1v) is 8.84. The Morgan fingerprint density at radius 3 is 2.54 bits per heavy atom. The van der Waals surface area contributed by atoms with Gasteiger partial charge in [0.2, 0.25) is 5.91 Å². The van der Waals surface area contributed by atoms with Crippen molar-refractivity contribution < 1.29 is 9.53 Å². The molecule has 0 saturated carbocycles. The van der Waals surface area contributed by atoms with Crippen LogP contribution in [-0.4, -0.2) is 19.1 Å². The predicted molar refractivity (Wildman–Crippen MR) is 103 cm³/mol. The summed E-state index contributed by atoms with van der Waals surface area (Å²) in [6.45, 7) is 5.28. The fourth-order valence-corrected chi connectivity index (χ4v) is 2.43. The lowest BCUT2D eigenvalue weighted by Gasteiger charge is -2.10. The monoisotopic (exact) mass is 390 g/mol. The molecule has 2 rings (SSSR count). The van der Waals surface area contributed by atoms with Crippen LogP contribution in [0.25, 0.3) is 0 Å². The maximum Gasteiger partial charge on any atom is 0.243 e. The Morgan fingerprint density at radius 1 is 1.12 bits per heavy atom. The molecule has 4 nitrogen and oxygen atoms in total. The molecule has 0 aliphatic heterocycles. The summed E-state index contributed by atoms with van der Waals surface area (Å²) in [5.41, 5.74) is 1.65. The molecule has 5 heteroatoms. The molecule has 128 valence electrons. The molecule has 0 atom stereocenters. The minimum absolute atomic E-state index is 0.0923. The highest BCUT2D eigenvalue weighted by Gasteiger charge is 2.03. The zero-order valence-corrected chi connectivity index (χ0v) is 15.6. The predicted octanol–water partition coefficient (Wildman–Crippen LogP) is 4.92. The van der Waals surface area contributed by atoms with Crippen LogP contribution in [0.1, 0.15) is 20.3 Å². The minimum Gasteiger partial charge on any atom is -0.494 e.